The number of methoxy groups -OCH3 is 1. The highest BCUT2D eigenvalue weighted by Gasteiger charge is 2.33. The smallest absolute Gasteiger partial charge is 0.294 e. The Labute approximate surface area is 215 Å². The van der Waals surface area contributed by atoms with Crippen molar-refractivity contribution in [1.29, 1.82) is 0 Å². The Morgan fingerprint density at radius 2 is 1.75 bits per heavy atom. The molecule has 0 spiro atoms. The molecule has 2 aromatic heterocycles. The zero-order valence-electron chi connectivity index (χ0n) is 19.7. The number of para-hydroxylation sites is 1. The van der Waals surface area contributed by atoms with Crippen LogP contribution in [0.25, 0.3) is 16.3 Å². The lowest BCUT2D eigenvalue weighted by Crippen LogP contribution is -2.46. The molecule has 10 nitrogen and oxygen atoms in total. The van der Waals surface area contributed by atoms with E-state index in [-0.39, 0.29) is 23.3 Å². The Balaban J connectivity index is 1.23. The van der Waals surface area contributed by atoms with Gasteiger partial charge in [0.25, 0.3) is 11.8 Å². The van der Waals surface area contributed by atoms with Crippen molar-refractivity contribution in [2.24, 2.45) is 0 Å². The van der Waals surface area contributed by atoms with Gasteiger partial charge in [-0.15, -0.1) is 15.3 Å². The van der Waals surface area contributed by atoms with Gasteiger partial charge < -0.3 is 4.74 Å². The standard InChI is InChI=1S/C24H23N7O3S2/c1-16-21(28-31(27-16)18-7-4-3-5-8-18)23(33)30-14-6-13-29(30)20(32)15-35-24-26-25-22(36-24)17-9-11-19(34-2)12-10-17/h3-5,7-12H,6,13-15H2,1-2H3. The van der Waals surface area contributed by atoms with Crippen LogP contribution in [-0.4, -0.2) is 73.0 Å². The van der Waals surface area contributed by atoms with Crippen molar-refractivity contribution in [1.82, 2.24) is 35.2 Å². The Hall–Kier alpha value is -3.77. The summed E-state index contributed by atoms with van der Waals surface area (Å²) >= 11 is 2.73. The molecule has 1 fully saturated rings. The number of aryl methyl sites for hydroxylation is 1. The number of rotatable bonds is 7. The minimum Gasteiger partial charge on any atom is -0.497 e. The number of hydrogen-bond acceptors (Lipinski definition) is 9. The number of carbonyl (C=O) groups is 2. The van der Waals surface area contributed by atoms with Gasteiger partial charge in [-0.05, 0) is 49.7 Å². The first-order chi connectivity index (χ1) is 17.5. The van der Waals surface area contributed by atoms with E-state index in [1.807, 2.05) is 54.6 Å². The van der Waals surface area contributed by atoms with Crippen molar-refractivity contribution < 1.29 is 14.3 Å². The van der Waals surface area contributed by atoms with E-state index in [0.717, 1.165) is 22.0 Å². The van der Waals surface area contributed by atoms with Crippen LogP contribution in [0, 0.1) is 6.92 Å². The van der Waals surface area contributed by atoms with Gasteiger partial charge in [-0.25, -0.2) is 5.01 Å². The highest BCUT2D eigenvalue weighted by atomic mass is 32.2. The van der Waals surface area contributed by atoms with Crippen molar-refractivity contribution in [2.75, 3.05) is 26.0 Å². The summed E-state index contributed by atoms with van der Waals surface area (Å²) < 4.78 is 5.88. The van der Waals surface area contributed by atoms with E-state index in [2.05, 4.69) is 20.4 Å². The molecule has 184 valence electrons. The van der Waals surface area contributed by atoms with E-state index in [1.165, 1.54) is 37.9 Å². The molecule has 0 unspecified atom stereocenters. The molecule has 0 atom stereocenters. The minimum atomic E-state index is -0.330. The number of aromatic nitrogens is 5. The van der Waals surface area contributed by atoms with E-state index < -0.39 is 0 Å². The highest BCUT2D eigenvalue weighted by Crippen LogP contribution is 2.30. The SMILES string of the molecule is COc1ccc(-c2nnc(SCC(=O)N3CCCN3C(=O)c3nn(-c4ccccc4)nc3C)s2)cc1. The van der Waals surface area contributed by atoms with E-state index in [9.17, 15) is 9.59 Å². The van der Waals surface area contributed by atoms with Crippen LogP contribution in [0.15, 0.2) is 58.9 Å². The Bertz CT molecular complexity index is 1370. The maximum atomic E-state index is 13.3. The number of ether oxygens (including phenoxy) is 1. The molecule has 1 saturated heterocycles. The van der Waals surface area contributed by atoms with Crippen LogP contribution in [0.2, 0.25) is 0 Å². The van der Waals surface area contributed by atoms with E-state index in [4.69, 9.17) is 4.74 Å². The van der Waals surface area contributed by atoms with Crippen molar-refractivity contribution in [3.8, 4) is 22.0 Å². The molecule has 0 radical (unpaired) electrons. The fourth-order valence-corrected chi connectivity index (χ4v) is 5.50. The Morgan fingerprint density at radius 1 is 1.00 bits per heavy atom. The number of hydrazine groups is 1. The van der Waals surface area contributed by atoms with Gasteiger partial charge in [0.1, 0.15) is 10.8 Å². The van der Waals surface area contributed by atoms with E-state index in [1.54, 1.807) is 14.0 Å². The summed E-state index contributed by atoms with van der Waals surface area (Å²) in [6.45, 7) is 2.67. The predicted octanol–water partition coefficient (Wildman–Crippen LogP) is 3.48. The first-order valence-electron chi connectivity index (χ1n) is 11.3. The monoisotopic (exact) mass is 521 g/mol. The summed E-state index contributed by atoms with van der Waals surface area (Å²) in [5.74, 6) is 0.422. The molecule has 1 aliphatic rings. The topological polar surface area (TPSA) is 106 Å². The molecule has 3 heterocycles. The molecule has 1 aliphatic heterocycles. The maximum Gasteiger partial charge on any atom is 0.294 e. The summed E-state index contributed by atoms with van der Waals surface area (Å²) in [5.41, 5.74) is 2.44. The van der Waals surface area contributed by atoms with E-state index in [0.29, 0.717) is 29.5 Å². The quantitative estimate of drug-likeness (QED) is 0.340. The molecular weight excluding hydrogens is 498 g/mol. The third-order valence-corrected chi connectivity index (χ3v) is 7.68. The lowest BCUT2D eigenvalue weighted by molar-refractivity contribution is -0.137. The highest BCUT2D eigenvalue weighted by molar-refractivity contribution is 8.01. The Morgan fingerprint density at radius 3 is 2.50 bits per heavy atom. The van der Waals surface area contributed by atoms with Crippen LogP contribution in [-0.2, 0) is 4.79 Å². The molecule has 2 amide bonds. The normalized spacial score (nSPS) is 13.3. The zero-order chi connectivity index (χ0) is 25.1. The summed E-state index contributed by atoms with van der Waals surface area (Å²) in [6, 6.07) is 17.0. The van der Waals surface area contributed by atoms with Gasteiger partial charge in [0.2, 0.25) is 0 Å². The number of thioether (sulfide) groups is 1. The van der Waals surface area contributed by atoms with Crippen LogP contribution in [0.4, 0.5) is 0 Å². The van der Waals surface area contributed by atoms with Gasteiger partial charge in [-0.1, -0.05) is 41.3 Å². The molecule has 0 saturated carbocycles. The largest absolute Gasteiger partial charge is 0.497 e. The number of carbonyl (C=O) groups excluding carboxylic acids is 2. The van der Waals surface area contributed by atoms with Gasteiger partial charge >= 0.3 is 0 Å². The molecule has 12 heteroatoms. The lowest BCUT2D eigenvalue weighted by atomic mass is 10.2. The third kappa shape index (κ3) is 4.95. The number of amides is 2. The van der Waals surface area contributed by atoms with Crippen LogP contribution >= 0.6 is 23.1 Å². The lowest BCUT2D eigenvalue weighted by Gasteiger charge is -2.27. The molecule has 36 heavy (non-hydrogen) atoms. The number of hydrogen-bond donors (Lipinski definition) is 0. The summed E-state index contributed by atoms with van der Waals surface area (Å²) in [7, 11) is 1.62. The summed E-state index contributed by atoms with van der Waals surface area (Å²) in [4.78, 5) is 27.8. The van der Waals surface area contributed by atoms with Gasteiger partial charge in [0.05, 0.1) is 24.2 Å². The van der Waals surface area contributed by atoms with Crippen LogP contribution in [0.1, 0.15) is 22.6 Å². The molecular formula is C24H23N7O3S2. The molecule has 4 aromatic rings. The van der Waals surface area contributed by atoms with Crippen LogP contribution < -0.4 is 4.74 Å². The summed E-state index contributed by atoms with van der Waals surface area (Å²) in [6.07, 6.45) is 0.703. The first-order valence-corrected chi connectivity index (χ1v) is 13.1. The predicted molar refractivity (Wildman–Crippen MR) is 136 cm³/mol. The van der Waals surface area contributed by atoms with Crippen LogP contribution in [0.5, 0.6) is 5.75 Å². The van der Waals surface area contributed by atoms with Crippen LogP contribution in [0.3, 0.4) is 0 Å². The minimum absolute atomic E-state index is 0.150. The molecule has 0 N–H and O–H groups in total. The maximum absolute atomic E-state index is 13.3. The third-order valence-electron chi connectivity index (χ3n) is 5.59. The first kappa shape index (κ1) is 23.9. The average Bonchev–Trinajstić information content (AvgIpc) is 3.67. The van der Waals surface area contributed by atoms with Gasteiger partial charge in [0, 0.05) is 18.7 Å². The van der Waals surface area contributed by atoms with Gasteiger partial charge in [-0.2, -0.15) is 9.90 Å². The van der Waals surface area contributed by atoms with Crippen molar-refractivity contribution >= 4 is 34.9 Å². The van der Waals surface area contributed by atoms with Crippen molar-refractivity contribution in [3.05, 3.63) is 66.0 Å². The van der Waals surface area contributed by atoms with Crippen molar-refractivity contribution in [3.63, 3.8) is 0 Å². The van der Waals surface area contributed by atoms with Gasteiger partial charge in [-0.3, -0.25) is 14.6 Å². The second-order valence-electron chi connectivity index (χ2n) is 7.95. The number of nitrogens with zero attached hydrogens (tertiary/aromatic N) is 7. The average molecular weight is 522 g/mol. The fraction of sp³-hybridized carbons (Fsp3) is 0.250. The Kier molecular flexibility index (Phi) is 6.96. The van der Waals surface area contributed by atoms with Gasteiger partial charge in [0.15, 0.2) is 10.0 Å². The summed E-state index contributed by atoms with van der Waals surface area (Å²) in [5, 5.41) is 21.0. The number of benzene rings is 2. The van der Waals surface area contributed by atoms with Crippen molar-refractivity contribution in [2.45, 2.75) is 17.7 Å². The zero-order valence-corrected chi connectivity index (χ0v) is 21.3. The fourth-order valence-electron chi connectivity index (χ4n) is 3.77. The molecule has 0 bridgehead atoms. The molecule has 2 aromatic carbocycles. The second kappa shape index (κ2) is 10.5. The molecule has 0 aliphatic carbocycles. The second-order valence-corrected chi connectivity index (χ2v) is 10.1. The molecule has 5 rings (SSSR count). The van der Waals surface area contributed by atoms with E-state index >= 15 is 0 Å².